The van der Waals surface area contributed by atoms with Gasteiger partial charge >= 0.3 is 11.9 Å². The number of carbonyl (C=O) groups is 2. The van der Waals surface area contributed by atoms with Gasteiger partial charge in [-0.25, -0.2) is 0 Å². The SMILES string of the molecule is O=C(O)CSCCCCCCCCSCC(=O)O. The zero-order chi connectivity index (χ0) is 13.6. The first-order chi connectivity index (χ1) is 8.63. The first-order valence-electron chi connectivity index (χ1n) is 6.22. The van der Waals surface area contributed by atoms with E-state index in [1.54, 1.807) is 0 Å². The van der Waals surface area contributed by atoms with Crippen LogP contribution in [0.15, 0.2) is 0 Å². The minimum atomic E-state index is -0.737. The molecule has 0 unspecified atom stereocenters. The van der Waals surface area contributed by atoms with E-state index in [1.165, 1.54) is 36.4 Å². The first-order valence-corrected chi connectivity index (χ1v) is 8.53. The quantitative estimate of drug-likeness (QED) is 0.509. The van der Waals surface area contributed by atoms with Crippen LogP contribution in [0, 0.1) is 0 Å². The Morgan fingerprint density at radius 1 is 0.667 bits per heavy atom. The Bertz CT molecular complexity index is 210. The van der Waals surface area contributed by atoms with E-state index in [4.69, 9.17) is 10.2 Å². The highest BCUT2D eigenvalue weighted by Gasteiger charge is 1.98. The number of unbranched alkanes of at least 4 members (excludes halogenated alkanes) is 5. The van der Waals surface area contributed by atoms with E-state index in [-0.39, 0.29) is 11.5 Å². The van der Waals surface area contributed by atoms with Crippen LogP contribution in [0.5, 0.6) is 0 Å². The Kier molecular flexibility index (Phi) is 12.8. The summed E-state index contributed by atoms with van der Waals surface area (Å²) in [7, 11) is 0. The van der Waals surface area contributed by atoms with Crippen LogP contribution in [0.3, 0.4) is 0 Å². The molecule has 0 amide bonds. The van der Waals surface area contributed by atoms with Crippen LogP contribution in [0.25, 0.3) is 0 Å². The fourth-order valence-corrected chi connectivity index (χ4v) is 2.89. The zero-order valence-corrected chi connectivity index (χ0v) is 12.2. The fourth-order valence-electron chi connectivity index (χ4n) is 1.43. The number of carboxylic acid groups (broad SMARTS) is 2. The van der Waals surface area contributed by atoms with Crippen LogP contribution in [0.2, 0.25) is 0 Å². The molecule has 0 aliphatic heterocycles. The summed E-state index contributed by atoms with van der Waals surface area (Å²) in [5.41, 5.74) is 0. The molecule has 18 heavy (non-hydrogen) atoms. The Balaban J connectivity index is 2.99. The fraction of sp³-hybridized carbons (Fsp3) is 0.833. The third-order valence-electron chi connectivity index (χ3n) is 2.28. The predicted molar refractivity (Wildman–Crippen MR) is 77.6 cm³/mol. The maximum Gasteiger partial charge on any atom is 0.313 e. The molecular weight excluding hydrogens is 272 g/mol. The second-order valence-electron chi connectivity index (χ2n) is 4.01. The Hall–Kier alpha value is -0.360. The summed E-state index contributed by atoms with van der Waals surface area (Å²) < 4.78 is 0. The topological polar surface area (TPSA) is 74.6 Å². The second-order valence-corrected chi connectivity index (χ2v) is 6.22. The van der Waals surface area contributed by atoms with Crippen molar-refractivity contribution in [2.75, 3.05) is 23.0 Å². The second kappa shape index (κ2) is 13.1. The van der Waals surface area contributed by atoms with Crippen LogP contribution in [-0.4, -0.2) is 45.2 Å². The van der Waals surface area contributed by atoms with E-state index < -0.39 is 11.9 Å². The van der Waals surface area contributed by atoms with Gasteiger partial charge in [0.1, 0.15) is 0 Å². The molecular formula is C12H22O4S2. The monoisotopic (exact) mass is 294 g/mol. The van der Waals surface area contributed by atoms with Crippen molar-refractivity contribution in [3.05, 3.63) is 0 Å². The van der Waals surface area contributed by atoms with Crippen molar-refractivity contribution < 1.29 is 19.8 Å². The molecule has 0 fully saturated rings. The molecule has 0 heterocycles. The van der Waals surface area contributed by atoms with Crippen LogP contribution < -0.4 is 0 Å². The maximum absolute atomic E-state index is 10.2. The molecule has 6 heteroatoms. The number of thioether (sulfide) groups is 2. The minimum absolute atomic E-state index is 0.209. The third-order valence-corrected chi connectivity index (χ3v) is 4.34. The summed E-state index contributed by atoms with van der Waals surface area (Å²) >= 11 is 2.96. The molecule has 0 aromatic heterocycles. The lowest BCUT2D eigenvalue weighted by Crippen LogP contribution is -1.99. The molecule has 2 N–H and O–H groups in total. The van der Waals surface area contributed by atoms with Gasteiger partial charge in [-0.2, -0.15) is 23.5 Å². The molecule has 0 rings (SSSR count). The molecule has 0 bridgehead atoms. The van der Waals surface area contributed by atoms with Gasteiger partial charge in [0, 0.05) is 0 Å². The Morgan fingerprint density at radius 2 is 1.00 bits per heavy atom. The van der Waals surface area contributed by atoms with Gasteiger partial charge in [-0.15, -0.1) is 0 Å². The number of carboxylic acids is 2. The predicted octanol–water partition coefficient (Wildman–Crippen LogP) is 2.96. The summed E-state index contributed by atoms with van der Waals surface area (Å²) in [5, 5.41) is 16.9. The lowest BCUT2D eigenvalue weighted by molar-refractivity contribution is -0.134. The van der Waals surface area contributed by atoms with E-state index in [0.717, 1.165) is 37.2 Å². The summed E-state index contributed by atoms with van der Waals surface area (Å²) in [5.74, 6) is 0.807. The summed E-state index contributed by atoms with van der Waals surface area (Å²) in [6, 6.07) is 0. The lowest BCUT2D eigenvalue weighted by Gasteiger charge is -2.01. The van der Waals surface area contributed by atoms with Gasteiger partial charge in [-0.05, 0) is 24.3 Å². The highest BCUT2D eigenvalue weighted by molar-refractivity contribution is 8.00. The lowest BCUT2D eigenvalue weighted by atomic mass is 10.1. The van der Waals surface area contributed by atoms with E-state index in [2.05, 4.69) is 0 Å². The molecule has 0 aliphatic rings. The molecule has 106 valence electrons. The van der Waals surface area contributed by atoms with Crippen molar-refractivity contribution in [2.24, 2.45) is 0 Å². The van der Waals surface area contributed by atoms with E-state index >= 15 is 0 Å². The van der Waals surface area contributed by atoms with E-state index in [1.807, 2.05) is 0 Å². The van der Waals surface area contributed by atoms with Gasteiger partial charge in [-0.3, -0.25) is 9.59 Å². The molecule has 0 aliphatic carbocycles. The van der Waals surface area contributed by atoms with Gasteiger partial charge in [0.05, 0.1) is 11.5 Å². The average molecular weight is 294 g/mol. The number of hydrogen-bond donors (Lipinski definition) is 2. The first kappa shape index (κ1) is 17.6. The van der Waals surface area contributed by atoms with Crippen molar-refractivity contribution in [2.45, 2.75) is 38.5 Å². The van der Waals surface area contributed by atoms with E-state index in [9.17, 15) is 9.59 Å². The van der Waals surface area contributed by atoms with Crippen LogP contribution >= 0.6 is 23.5 Å². The summed E-state index contributed by atoms with van der Waals surface area (Å²) in [4.78, 5) is 20.5. The molecule has 4 nitrogen and oxygen atoms in total. The smallest absolute Gasteiger partial charge is 0.313 e. The van der Waals surface area contributed by atoms with Crippen molar-refractivity contribution in [3.63, 3.8) is 0 Å². The maximum atomic E-state index is 10.2. The molecule has 0 atom stereocenters. The van der Waals surface area contributed by atoms with Crippen molar-refractivity contribution in [1.82, 2.24) is 0 Å². The molecule has 0 saturated heterocycles. The average Bonchev–Trinajstić information content (AvgIpc) is 2.29. The molecule has 0 aromatic carbocycles. The van der Waals surface area contributed by atoms with Gasteiger partial charge in [-0.1, -0.05) is 25.7 Å². The van der Waals surface area contributed by atoms with Crippen LogP contribution in [0.1, 0.15) is 38.5 Å². The largest absolute Gasteiger partial charge is 0.481 e. The highest BCUT2D eigenvalue weighted by atomic mass is 32.2. The number of aliphatic carboxylic acids is 2. The molecule has 0 spiro atoms. The Labute approximate surface area is 117 Å². The van der Waals surface area contributed by atoms with Crippen molar-refractivity contribution in [3.8, 4) is 0 Å². The minimum Gasteiger partial charge on any atom is -0.481 e. The van der Waals surface area contributed by atoms with Crippen LogP contribution in [0.4, 0.5) is 0 Å². The number of rotatable bonds is 13. The Morgan fingerprint density at radius 3 is 1.33 bits per heavy atom. The molecule has 0 aromatic rings. The molecule has 0 saturated carbocycles. The standard InChI is InChI=1S/C12H22O4S2/c13-11(14)9-17-7-5-3-1-2-4-6-8-18-10-12(15)16/h1-10H2,(H,13,14)(H,15,16). The number of hydrogen-bond acceptors (Lipinski definition) is 4. The zero-order valence-electron chi connectivity index (χ0n) is 10.6. The van der Waals surface area contributed by atoms with Crippen molar-refractivity contribution >= 4 is 35.5 Å². The van der Waals surface area contributed by atoms with Crippen molar-refractivity contribution in [1.29, 1.82) is 0 Å². The highest BCUT2D eigenvalue weighted by Crippen LogP contribution is 2.11. The third kappa shape index (κ3) is 15.6. The normalized spacial score (nSPS) is 10.4. The van der Waals surface area contributed by atoms with Gasteiger partial charge < -0.3 is 10.2 Å². The van der Waals surface area contributed by atoms with Crippen LogP contribution in [-0.2, 0) is 9.59 Å². The molecule has 0 radical (unpaired) electrons. The van der Waals surface area contributed by atoms with Gasteiger partial charge in [0.25, 0.3) is 0 Å². The summed E-state index contributed by atoms with van der Waals surface area (Å²) in [6.45, 7) is 0. The summed E-state index contributed by atoms with van der Waals surface area (Å²) in [6.07, 6.45) is 6.88. The van der Waals surface area contributed by atoms with E-state index in [0.29, 0.717) is 0 Å². The van der Waals surface area contributed by atoms with Gasteiger partial charge in [0.15, 0.2) is 0 Å². The van der Waals surface area contributed by atoms with Gasteiger partial charge in [0.2, 0.25) is 0 Å².